The summed E-state index contributed by atoms with van der Waals surface area (Å²) in [6, 6.07) is 3.60. The fourth-order valence-electron chi connectivity index (χ4n) is 2.32. The van der Waals surface area contributed by atoms with Crippen LogP contribution in [0, 0.1) is 0 Å². The zero-order chi connectivity index (χ0) is 13.3. The van der Waals surface area contributed by atoms with E-state index in [0.29, 0.717) is 0 Å². The largest absolute Gasteiger partial charge is 0.422 e. The van der Waals surface area contributed by atoms with Crippen LogP contribution in [0.25, 0.3) is 0 Å². The third-order valence-electron chi connectivity index (χ3n) is 3.54. The standard InChI is InChI=1S/C12H30O3Si3/c1-4-7-10-17-13-16-14-18(15-17,11-8-5-2)12-9-6-3/h17H,4-12,16H2,1-3H3. The highest BCUT2D eigenvalue weighted by atomic mass is 28.5. The van der Waals surface area contributed by atoms with Gasteiger partial charge >= 0.3 is 17.8 Å². The van der Waals surface area contributed by atoms with Crippen LogP contribution in [-0.2, 0) is 12.3 Å². The Labute approximate surface area is 118 Å². The van der Waals surface area contributed by atoms with Crippen molar-refractivity contribution in [3.05, 3.63) is 0 Å². The molecule has 1 unspecified atom stereocenters. The van der Waals surface area contributed by atoms with Gasteiger partial charge in [0, 0.05) is 0 Å². The molecule has 0 aliphatic carbocycles. The van der Waals surface area contributed by atoms with Crippen molar-refractivity contribution in [3.8, 4) is 0 Å². The van der Waals surface area contributed by atoms with Crippen molar-refractivity contribution in [2.24, 2.45) is 0 Å². The highest BCUT2D eigenvalue weighted by Gasteiger charge is 2.42. The molecule has 3 nitrogen and oxygen atoms in total. The molecule has 1 aliphatic rings. The lowest BCUT2D eigenvalue weighted by Crippen LogP contribution is -2.53. The monoisotopic (exact) mass is 306 g/mol. The fourth-order valence-corrected chi connectivity index (χ4v) is 14.4. The third kappa shape index (κ3) is 5.66. The normalized spacial score (nSPS) is 24.5. The predicted molar refractivity (Wildman–Crippen MR) is 83.8 cm³/mol. The van der Waals surface area contributed by atoms with E-state index >= 15 is 0 Å². The smallest absolute Gasteiger partial charge is 0.320 e. The van der Waals surface area contributed by atoms with Gasteiger partial charge < -0.3 is 12.3 Å². The molecule has 0 N–H and O–H groups in total. The van der Waals surface area contributed by atoms with E-state index in [-0.39, 0.29) is 0 Å². The second kappa shape index (κ2) is 9.44. The van der Waals surface area contributed by atoms with E-state index in [1.807, 2.05) is 0 Å². The molecule has 0 amide bonds. The zero-order valence-electron chi connectivity index (χ0n) is 12.4. The van der Waals surface area contributed by atoms with Gasteiger partial charge in [0.05, 0.1) is 0 Å². The van der Waals surface area contributed by atoms with Gasteiger partial charge in [-0.3, -0.25) is 0 Å². The second-order valence-electron chi connectivity index (χ2n) is 5.24. The predicted octanol–water partition coefficient (Wildman–Crippen LogP) is 3.11. The molecule has 0 spiro atoms. The van der Waals surface area contributed by atoms with Gasteiger partial charge in [0.15, 0.2) is 0 Å². The third-order valence-corrected chi connectivity index (χ3v) is 14.0. The van der Waals surface area contributed by atoms with Gasteiger partial charge in [-0.15, -0.1) is 0 Å². The summed E-state index contributed by atoms with van der Waals surface area (Å²) in [4.78, 5) is 0. The number of hydrogen-bond acceptors (Lipinski definition) is 3. The Morgan fingerprint density at radius 2 is 1.56 bits per heavy atom. The van der Waals surface area contributed by atoms with Crippen LogP contribution >= 0.6 is 0 Å². The average molecular weight is 307 g/mol. The van der Waals surface area contributed by atoms with Crippen molar-refractivity contribution in [1.82, 2.24) is 0 Å². The Morgan fingerprint density at radius 1 is 0.944 bits per heavy atom. The Bertz CT molecular complexity index is 209. The quantitative estimate of drug-likeness (QED) is 0.613. The summed E-state index contributed by atoms with van der Waals surface area (Å²) < 4.78 is 18.5. The van der Waals surface area contributed by atoms with E-state index in [4.69, 9.17) is 12.3 Å². The molecule has 0 bridgehead atoms. The first-order chi connectivity index (χ1) is 8.76. The zero-order valence-corrected chi connectivity index (χ0v) is 15.9. The van der Waals surface area contributed by atoms with Crippen LogP contribution in [0.15, 0.2) is 0 Å². The van der Waals surface area contributed by atoms with Crippen LogP contribution in [-0.4, -0.2) is 27.9 Å². The topological polar surface area (TPSA) is 27.7 Å². The fraction of sp³-hybridized carbons (Fsp3) is 1.00. The van der Waals surface area contributed by atoms with E-state index in [2.05, 4.69) is 20.8 Å². The number of unbranched alkanes of at least 4 members (excludes halogenated alkanes) is 3. The van der Waals surface area contributed by atoms with E-state index in [1.54, 1.807) is 0 Å². The molecular weight excluding hydrogens is 276 g/mol. The second-order valence-corrected chi connectivity index (χ2v) is 13.2. The maximum atomic E-state index is 6.45. The van der Waals surface area contributed by atoms with E-state index in [9.17, 15) is 0 Å². The van der Waals surface area contributed by atoms with Gasteiger partial charge in [0.1, 0.15) is 0 Å². The minimum absolute atomic E-state index is 0.729. The van der Waals surface area contributed by atoms with Gasteiger partial charge in [-0.05, 0) is 18.1 Å². The molecule has 0 saturated carbocycles. The van der Waals surface area contributed by atoms with E-state index in [1.165, 1.54) is 56.7 Å². The molecular formula is C12H30O3Si3. The summed E-state index contributed by atoms with van der Waals surface area (Å²) in [6.07, 6.45) is 7.53. The Balaban J connectivity index is 2.51. The lowest BCUT2D eigenvalue weighted by molar-refractivity contribution is 0.268. The molecule has 1 atom stereocenters. The maximum Gasteiger partial charge on any atom is 0.320 e. The Morgan fingerprint density at radius 3 is 2.11 bits per heavy atom. The molecule has 0 radical (unpaired) electrons. The van der Waals surface area contributed by atoms with E-state index in [0.717, 1.165) is 0 Å². The van der Waals surface area contributed by atoms with Crippen LogP contribution in [0.3, 0.4) is 0 Å². The first-order valence-corrected chi connectivity index (χ1v) is 12.8. The molecule has 0 aromatic heterocycles. The summed E-state index contributed by atoms with van der Waals surface area (Å²) in [5.41, 5.74) is 0. The van der Waals surface area contributed by atoms with Gasteiger partial charge in [-0.1, -0.05) is 59.3 Å². The lowest BCUT2D eigenvalue weighted by atomic mass is 10.4. The molecule has 1 rings (SSSR count). The first-order valence-electron chi connectivity index (χ1n) is 7.69. The highest BCUT2D eigenvalue weighted by molar-refractivity contribution is 6.80. The summed E-state index contributed by atoms with van der Waals surface area (Å²) in [7, 11) is -3.92. The Hall–Kier alpha value is 0.531. The van der Waals surface area contributed by atoms with Crippen LogP contribution < -0.4 is 0 Å². The summed E-state index contributed by atoms with van der Waals surface area (Å²) in [5, 5.41) is 0. The van der Waals surface area contributed by atoms with Crippen LogP contribution in [0.1, 0.15) is 59.3 Å². The van der Waals surface area contributed by atoms with Gasteiger partial charge in [-0.2, -0.15) is 0 Å². The van der Waals surface area contributed by atoms with Crippen LogP contribution in [0.4, 0.5) is 0 Å². The van der Waals surface area contributed by atoms with Gasteiger partial charge in [0.2, 0.25) is 0 Å². The Kier molecular flexibility index (Phi) is 8.69. The van der Waals surface area contributed by atoms with Crippen LogP contribution in [0.5, 0.6) is 0 Å². The van der Waals surface area contributed by atoms with Crippen molar-refractivity contribution in [2.45, 2.75) is 77.4 Å². The molecule has 6 heteroatoms. The summed E-state index contributed by atoms with van der Waals surface area (Å²) >= 11 is 0. The van der Waals surface area contributed by atoms with Crippen molar-refractivity contribution in [3.63, 3.8) is 0 Å². The molecule has 1 heterocycles. The van der Waals surface area contributed by atoms with Crippen molar-refractivity contribution in [1.29, 1.82) is 0 Å². The minimum Gasteiger partial charge on any atom is -0.422 e. The minimum atomic E-state index is -1.84. The lowest BCUT2D eigenvalue weighted by Gasteiger charge is -2.39. The van der Waals surface area contributed by atoms with Crippen LogP contribution in [0.2, 0.25) is 18.1 Å². The van der Waals surface area contributed by atoms with Gasteiger partial charge in [-0.25, -0.2) is 0 Å². The molecule has 1 saturated heterocycles. The molecule has 108 valence electrons. The van der Waals surface area contributed by atoms with Crippen molar-refractivity contribution >= 4 is 27.9 Å². The first kappa shape index (κ1) is 16.6. The number of rotatable bonds is 9. The molecule has 0 aromatic carbocycles. The highest BCUT2D eigenvalue weighted by Crippen LogP contribution is 2.29. The molecule has 1 aliphatic heterocycles. The van der Waals surface area contributed by atoms with Crippen molar-refractivity contribution in [2.75, 3.05) is 0 Å². The SMILES string of the molecule is CCCC[SiH]1O[SiH2]O[Si](CCCC)(CCCC)O1. The molecule has 0 aromatic rings. The van der Waals surface area contributed by atoms with E-state index < -0.39 is 27.9 Å². The van der Waals surface area contributed by atoms with Crippen molar-refractivity contribution < 1.29 is 12.3 Å². The average Bonchev–Trinajstić information content (AvgIpc) is 2.41. The molecule has 18 heavy (non-hydrogen) atoms. The number of hydrogen-bond donors (Lipinski definition) is 0. The maximum absolute atomic E-state index is 6.45. The molecule has 1 fully saturated rings. The van der Waals surface area contributed by atoms with Gasteiger partial charge in [0.25, 0.3) is 10.0 Å². The summed E-state index contributed by atoms with van der Waals surface area (Å²) in [5.74, 6) is 0. The summed E-state index contributed by atoms with van der Waals surface area (Å²) in [6.45, 7) is 6.75.